The molecule has 0 spiro atoms. The van der Waals surface area contributed by atoms with Crippen molar-refractivity contribution in [1.29, 1.82) is 0 Å². The Morgan fingerprint density at radius 3 is 1.43 bits per heavy atom. The Morgan fingerprint density at radius 2 is 1.14 bits per heavy atom. The molecule has 0 bridgehead atoms. The maximum Gasteiger partial charge on any atom is 0.252 e. The van der Waals surface area contributed by atoms with Crippen LogP contribution in [0.3, 0.4) is 0 Å². The monoisotopic (exact) mass is 378 g/mol. The van der Waals surface area contributed by atoms with Gasteiger partial charge in [0.1, 0.15) is 0 Å². The van der Waals surface area contributed by atoms with Crippen LogP contribution >= 0.6 is 58.2 Å². The van der Waals surface area contributed by atoms with Crippen LogP contribution in [-0.4, -0.2) is 10.5 Å². The van der Waals surface area contributed by atoms with Gasteiger partial charge in [-0.3, -0.25) is 9.59 Å². The molecule has 7 heteroatoms. The highest BCUT2D eigenvalue weighted by Crippen LogP contribution is 2.38. The van der Waals surface area contributed by atoms with Gasteiger partial charge in [0.15, 0.2) is 0 Å². The summed E-state index contributed by atoms with van der Waals surface area (Å²) in [4.78, 5) is 23.5. The topological polar surface area (TPSA) is 34.1 Å². The first-order valence-electron chi connectivity index (χ1n) is 5.55. The summed E-state index contributed by atoms with van der Waals surface area (Å²) in [5.74, 6) is 0. The summed E-state index contributed by atoms with van der Waals surface area (Å²) in [6, 6.07) is 9.49. The summed E-state index contributed by atoms with van der Waals surface area (Å²) in [5.41, 5.74) is 0.639. The minimum atomic E-state index is -0.573. The SMILES string of the molecule is O=C(Cl)c1ccc(Sc2ccc(C(=O)Cl)cc2Cl)c(Cl)c1. The van der Waals surface area contributed by atoms with Gasteiger partial charge in [-0.1, -0.05) is 35.0 Å². The number of carbonyl (C=O) groups is 2. The molecule has 108 valence electrons. The molecule has 2 aromatic rings. The lowest BCUT2D eigenvalue weighted by Crippen LogP contribution is -1.90. The van der Waals surface area contributed by atoms with Crippen LogP contribution in [0.2, 0.25) is 10.0 Å². The van der Waals surface area contributed by atoms with Crippen LogP contribution in [0.1, 0.15) is 20.7 Å². The van der Waals surface area contributed by atoms with Gasteiger partial charge in [0, 0.05) is 20.9 Å². The van der Waals surface area contributed by atoms with E-state index in [0.717, 1.165) is 0 Å². The Kier molecular flexibility index (Phi) is 5.58. The zero-order chi connectivity index (χ0) is 15.6. The first-order valence-corrected chi connectivity index (χ1v) is 7.88. The smallest absolute Gasteiger partial charge is 0.252 e. The maximum atomic E-state index is 11.1. The van der Waals surface area contributed by atoms with Crippen molar-refractivity contribution in [2.24, 2.45) is 0 Å². The van der Waals surface area contributed by atoms with E-state index in [0.29, 0.717) is 31.0 Å². The molecule has 0 saturated carbocycles. The molecule has 2 nitrogen and oxygen atoms in total. The fraction of sp³-hybridized carbons (Fsp3) is 0. The number of rotatable bonds is 4. The molecular formula is C14H6Cl4O2S. The largest absolute Gasteiger partial charge is 0.276 e. The molecule has 0 aliphatic rings. The lowest BCUT2D eigenvalue weighted by molar-refractivity contribution is 0.107. The lowest BCUT2D eigenvalue weighted by atomic mass is 10.2. The molecule has 2 rings (SSSR count). The van der Waals surface area contributed by atoms with E-state index in [1.54, 1.807) is 24.3 Å². The highest BCUT2D eigenvalue weighted by atomic mass is 35.5. The average molecular weight is 380 g/mol. The van der Waals surface area contributed by atoms with E-state index in [2.05, 4.69) is 0 Å². The molecule has 0 unspecified atom stereocenters. The summed E-state index contributed by atoms with van der Waals surface area (Å²) < 4.78 is 0. The normalized spacial score (nSPS) is 10.5. The third kappa shape index (κ3) is 4.15. The van der Waals surface area contributed by atoms with Crippen molar-refractivity contribution in [3.8, 4) is 0 Å². The van der Waals surface area contributed by atoms with Gasteiger partial charge in [0.05, 0.1) is 10.0 Å². The standard InChI is InChI=1S/C14H6Cl4O2S/c15-9-5-7(13(17)19)1-3-11(9)21-12-4-2-8(14(18)20)6-10(12)16/h1-6H. The molecule has 2 aromatic carbocycles. The van der Waals surface area contributed by atoms with E-state index in [-0.39, 0.29) is 0 Å². The number of hydrogen-bond donors (Lipinski definition) is 0. The van der Waals surface area contributed by atoms with Gasteiger partial charge in [-0.2, -0.15) is 0 Å². The van der Waals surface area contributed by atoms with Crippen LogP contribution in [-0.2, 0) is 0 Å². The van der Waals surface area contributed by atoms with Crippen LogP contribution < -0.4 is 0 Å². The molecule has 0 aliphatic heterocycles. The lowest BCUT2D eigenvalue weighted by Gasteiger charge is -2.07. The Morgan fingerprint density at radius 1 is 0.762 bits per heavy atom. The number of carbonyl (C=O) groups excluding carboxylic acids is 2. The van der Waals surface area contributed by atoms with Crippen molar-refractivity contribution < 1.29 is 9.59 Å². The Labute approximate surface area is 145 Å². The van der Waals surface area contributed by atoms with Crippen molar-refractivity contribution in [1.82, 2.24) is 0 Å². The van der Waals surface area contributed by atoms with Gasteiger partial charge in [0.25, 0.3) is 10.5 Å². The third-order valence-corrected chi connectivity index (χ3v) is 4.98. The van der Waals surface area contributed by atoms with Crippen molar-refractivity contribution in [3.05, 3.63) is 57.6 Å². The average Bonchev–Trinajstić information content (AvgIpc) is 2.42. The van der Waals surface area contributed by atoms with Crippen LogP contribution in [0.25, 0.3) is 0 Å². The van der Waals surface area contributed by atoms with Gasteiger partial charge < -0.3 is 0 Å². The zero-order valence-corrected chi connectivity index (χ0v) is 14.0. The van der Waals surface area contributed by atoms with E-state index in [4.69, 9.17) is 46.4 Å². The van der Waals surface area contributed by atoms with E-state index < -0.39 is 10.5 Å². The molecule has 0 aliphatic carbocycles. The van der Waals surface area contributed by atoms with Gasteiger partial charge in [-0.25, -0.2) is 0 Å². The van der Waals surface area contributed by atoms with E-state index >= 15 is 0 Å². The van der Waals surface area contributed by atoms with Crippen molar-refractivity contribution in [3.63, 3.8) is 0 Å². The second-order valence-corrected chi connectivity index (χ2v) is 6.52. The van der Waals surface area contributed by atoms with E-state index in [1.165, 1.54) is 23.9 Å². The van der Waals surface area contributed by atoms with Gasteiger partial charge in [-0.15, -0.1) is 0 Å². The fourth-order valence-electron chi connectivity index (χ4n) is 1.53. The van der Waals surface area contributed by atoms with Crippen LogP contribution in [0.5, 0.6) is 0 Å². The number of benzene rings is 2. The molecule has 21 heavy (non-hydrogen) atoms. The molecule has 0 atom stereocenters. The van der Waals surface area contributed by atoms with Crippen molar-refractivity contribution in [2.45, 2.75) is 9.79 Å². The third-order valence-electron chi connectivity index (χ3n) is 2.54. The minimum absolute atomic E-state index is 0.320. The quantitative estimate of drug-likeness (QED) is 0.620. The summed E-state index contributed by atoms with van der Waals surface area (Å²) >= 11 is 24.3. The number of halogens is 4. The van der Waals surface area contributed by atoms with Gasteiger partial charge in [0.2, 0.25) is 0 Å². The Balaban J connectivity index is 2.30. The molecule has 0 fully saturated rings. The predicted octanol–water partition coefficient (Wildman–Crippen LogP) is 5.90. The maximum absolute atomic E-state index is 11.1. The first-order chi connectivity index (χ1) is 9.88. The molecule has 0 amide bonds. The molecule has 0 N–H and O–H groups in total. The minimum Gasteiger partial charge on any atom is -0.276 e. The number of hydrogen-bond acceptors (Lipinski definition) is 3. The summed E-state index contributed by atoms with van der Waals surface area (Å²) in [5, 5.41) is -0.368. The van der Waals surface area contributed by atoms with Gasteiger partial charge in [-0.05, 0) is 59.6 Å². The van der Waals surface area contributed by atoms with E-state index in [1.807, 2.05) is 0 Å². The summed E-state index contributed by atoms with van der Waals surface area (Å²) in [6.07, 6.45) is 0. The Hall–Kier alpha value is -0.710. The molecule has 0 heterocycles. The van der Waals surface area contributed by atoms with Crippen LogP contribution in [0.15, 0.2) is 46.2 Å². The highest BCUT2D eigenvalue weighted by molar-refractivity contribution is 7.99. The second kappa shape index (κ2) is 7.03. The summed E-state index contributed by atoms with van der Waals surface area (Å²) in [7, 11) is 0. The fourth-order valence-corrected chi connectivity index (χ4v) is 3.18. The van der Waals surface area contributed by atoms with Crippen molar-refractivity contribution in [2.75, 3.05) is 0 Å². The second-order valence-electron chi connectivity index (χ2n) is 3.94. The van der Waals surface area contributed by atoms with E-state index in [9.17, 15) is 9.59 Å². The summed E-state index contributed by atoms with van der Waals surface area (Å²) in [6.45, 7) is 0. The van der Waals surface area contributed by atoms with Gasteiger partial charge >= 0.3 is 0 Å². The van der Waals surface area contributed by atoms with Crippen LogP contribution in [0, 0.1) is 0 Å². The molecule has 0 saturated heterocycles. The molecule has 0 aromatic heterocycles. The highest BCUT2D eigenvalue weighted by Gasteiger charge is 2.11. The molecular weight excluding hydrogens is 374 g/mol. The van der Waals surface area contributed by atoms with Crippen molar-refractivity contribution >= 4 is 68.7 Å². The Bertz CT molecular complexity index is 669. The predicted molar refractivity (Wildman–Crippen MR) is 87.4 cm³/mol. The first kappa shape index (κ1) is 16.7. The zero-order valence-electron chi connectivity index (χ0n) is 10.2. The molecule has 0 radical (unpaired) electrons. The van der Waals surface area contributed by atoms with Crippen LogP contribution in [0.4, 0.5) is 0 Å².